The molecule has 0 saturated carbocycles. The van der Waals surface area contributed by atoms with E-state index in [4.69, 9.17) is 16.9 Å². The lowest BCUT2D eigenvalue weighted by Crippen LogP contribution is -2.13. The number of halogens is 2. The van der Waals surface area contributed by atoms with Gasteiger partial charge in [0.15, 0.2) is 0 Å². The van der Waals surface area contributed by atoms with Crippen LogP contribution in [-0.4, -0.2) is 12.5 Å². The van der Waals surface area contributed by atoms with Crippen LogP contribution in [0.5, 0.6) is 5.75 Å². The molecule has 0 aliphatic heterocycles. The molecule has 0 unspecified atom stereocenters. The topological polar surface area (TPSA) is 52.3 Å². The van der Waals surface area contributed by atoms with Gasteiger partial charge in [-0.1, -0.05) is 21.9 Å². The second kappa shape index (κ2) is 5.19. The number of carbonyl (C=O) groups excluding carboxylic acids is 1. The molecule has 15 heavy (non-hydrogen) atoms. The summed E-state index contributed by atoms with van der Waals surface area (Å²) in [6.07, 6.45) is 5.07. The lowest BCUT2D eigenvalue weighted by Gasteiger charge is -2.09. The highest BCUT2D eigenvalue weighted by Gasteiger charge is 2.14. The van der Waals surface area contributed by atoms with E-state index in [0.717, 1.165) is 4.47 Å². The maximum absolute atomic E-state index is 11.1. The van der Waals surface area contributed by atoms with Crippen LogP contribution in [0.4, 0.5) is 0 Å². The molecule has 0 heterocycles. The minimum Gasteiger partial charge on any atom is -0.479 e. The first-order valence-electron chi connectivity index (χ1n) is 3.91. The van der Waals surface area contributed by atoms with E-state index in [2.05, 4.69) is 37.8 Å². The van der Waals surface area contributed by atoms with Gasteiger partial charge in [-0.2, -0.15) is 0 Å². The first-order valence-corrected chi connectivity index (χ1v) is 5.50. The van der Waals surface area contributed by atoms with Crippen molar-refractivity contribution in [3.63, 3.8) is 0 Å². The molecule has 0 aliphatic carbocycles. The third kappa shape index (κ3) is 2.98. The molecule has 78 valence electrons. The Kier molecular flexibility index (Phi) is 4.18. The number of hydrogen-bond donors (Lipinski definition) is 1. The zero-order valence-corrected chi connectivity index (χ0v) is 10.8. The molecule has 0 spiro atoms. The zero-order valence-electron chi connectivity index (χ0n) is 7.59. The van der Waals surface area contributed by atoms with Crippen LogP contribution in [0.1, 0.15) is 10.4 Å². The lowest BCUT2D eigenvalue weighted by atomic mass is 10.2. The summed E-state index contributed by atoms with van der Waals surface area (Å²) in [7, 11) is 0. The Morgan fingerprint density at radius 3 is 2.73 bits per heavy atom. The van der Waals surface area contributed by atoms with Crippen LogP contribution in [0.3, 0.4) is 0 Å². The Morgan fingerprint density at radius 2 is 2.20 bits per heavy atom. The molecule has 0 aromatic heterocycles. The Balaban J connectivity index is 3.22. The van der Waals surface area contributed by atoms with E-state index in [1.807, 2.05) is 0 Å². The van der Waals surface area contributed by atoms with Gasteiger partial charge in [0, 0.05) is 4.47 Å². The number of rotatable bonds is 3. The van der Waals surface area contributed by atoms with E-state index in [0.29, 0.717) is 10.2 Å². The highest BCUT2D eigenvalue weighted by atomic mass is 79.9. The van der Waals surface area contributed by atoms with Crippen molar-refractivity contribution in [1.82, 2.24) is 0 Å². The van der Waals surface area contributed by atoms with Gasteiger partial charge in [-0.3, -0.25) is 4.79 Å². The van der Waals surface area contributed by atoms with E-state index >= 15 is 0 Å². The van der Waals surface area contributed by atoms with Crippen LogP contribution in [0.25, 0.3) is 0 Å². The first kappa shape index (κ1) is 12.1. The van der Waals surface area contributed by atoms with Gasteiger partial charge < -0.3 is 10.5 Å². The van der Waals surface area contributed by atoms with Gasteiger partial charge in [0.1, 0.15) is 12.4 Å². The van der Waals surface area contributed by atoms with E-state index in [1.54, 1.807) is 12.1 Å². The third-order valence-corrected chi connectivity index (χ3v) is 2.62. The average molecular weight is 333 g/mol. The van der Waals surface area contributed by atoms with E-state index < -0.39 is 5.91 Å². The van der Waals surface area contributed by atoms with Gasteiger partial charge >= 0.3 is 0 Å². The van der Waals surface area contributed by atoms with Gasteiger partial charge in [0.05, 0.1) is 10.0 Å². The fourth-order valence-corrected chi connectivity index (χ4v) is 2.34. The molecule has 1 amide bonds. The number of ether oxygens (including phenoxy) is 1. The van der Waals surface area contributed by atoms with E-state index in [1.165, 1.54) is 0 Å². The monoisotopic (exact) mass is 331 g/mol. The van der Waals surface area contributed by atoms with Crippen LogP contribution in [0, 0.1) is 12.3 Å². The average Bonchev–Trinajstić information content (AvgIpc) is 2.15. The fourth-order valence-electron chi connectivity index (χ4n) is 1.00. The summed E-state index contributed by atoms with van der Waals surface area (Å²) < 4.78 is 6.59. The summed E-state index contributed by atoms with van der Waals surface area (Å²) in [5, 5.41) is 0. The van der Waals surface area contributed by atoms with Crippen LogP contribution in [-0.2, 0) is 0 Å². The van der Waals surface area contributed by atoms with Crippen LogP contribution in [0.15, 0.2) is 21.1 Å². The van der Waals surface area contributed by atoms with Crippen LogP contribution in [0.2, 0.25) is 0 Å². The standard InChI is InChI=1S/C10H7Br2NO2/c1-2-3-15-9-7(10(13)14)4-6(11)5-8(9)12/h1,4-5H,3H2,(H2,13,14). The van der Waals surface area contributed by atoms with Gasteiger partial charge in [0.2, 0.25) is 0 Å². The SMILES string of the molecule is C#CCOc1c(Br)cc(Br)cc1C(N)=O. The van der Waals surface area contributed by atoms with Crippen molar-refractivity contribution in [1.29, 1.82) is 0 Å². The Bertz CT molecular complexity index is 438. The molecule has 3 nitrogen and oxygen atoms in total. The molecular formula is C10H7Br2NO2. The number of benzene rings is 1. The van der Waals surface area contributed by atoms with E-state index in [-0.39, 0.29) is 12.2 Å². The molecule has 5 heteroatoms. The second-order valence-electron chi connectivity index (χ2n) is 2.62. The molecule has 1 rings (SSSR count). The van der Waals surface area contributed by atoms with Gasteiger partial charge in [-0.15, -0.1) is 6.42 Å². The minimum atomic E-state index is -0.566. The van der Waals surface area contributed by atoms with Gasteiger partial charge in [0.25, 0.3) is 5.91 Å². The Morgan fingerprint density at radius 1 is 1.53 bits per heavy atom. The summed E-state index contributed by atoms with van der Waals surface area (Å²) in [5.41, 5.74) is 5.50. The molecule has 1 aromatic rings. The number of primary amides is 1. The largest absolute Gasteiger partial charge is 0.479 e. The Hall–Kier alpha value is -0.990. The normalized spacial score (nSPS) is 9.40. The zero-order chi connectivity index (χ0) is 11.4. The smallest absolute Gasteiger partial charge is 0.252 e. The van der Waals surface area contributed by atoms with Crippen molar-refractivity contribution in [2.24, 2.45) is 5.73 Å². The fraction of sp³-hybridized carbons (Fsp3) is 0.100. The maximum atomic E-state index is 11.1. The Labute approximate surface area is 104 Å². The molecule has 0 bridgehead atoms. The van der Waals surface area contributed by atoms with E-state index in [9.17, 15) is 4.79 Å². The number of carbonyl (C=O) groups is 1. The highest BCUT2D eigenvalue weighted by Crippen LogP contribution is 2.32. The van der Waals surface area contributed by atoms with Crippen molar-refractivity contribution in [3.05, 3.63) is 26.6 Å². The molecular weight excluding hydrogens is 326 g/mol. The van der Waals surface area contributed by atoms with Gasteiger partial charge in [-0.25, -0.2) is 0 Å². The van der Waals surface area contributed by atoms with Crippen molar-refractivity contribution < 1.29 is 9.53 Å². The summed E-state index contributed by atoms with van der Waals surface area (Å²) in [6.45, 7) is 0.0838. The highest BCUT2D eigenvalue weighted by molar-refractivity contribution is 9.11. The third-order valence-electron chi connectivity index (χ3n) is 1.57. The summed E-state index contributed by atoms with van der Waals surface area (Å²) in [4.78, 5) is 11.1. The van der Waals surface area contributed by atoms with Crippen molar-refractivity contribution in [3.8, 4) is 18.1 Å². The predicted molar refractivity (Wildman–Crippen MR) is 64.7 cm³/mol. The maximum Gasteiger partial charge on any atom is 0.252 e. The molecule has 0 radical (unpaired) electrons. The summed E-state index contributed by atoms with van der Waals surface area (Å²) >= 11 is 6.52. The number of hydrogen-bond acceptors (Lipinski definition) is 2. The van der Waals surface area contributed by atoms with Gasteiger partial charge in [-0.05, 0) is 28.1 Å². The summed E-state index contributed by atoms with van der Waals surface area (Å²) in [6, 6.07) is 3.33. The lowest BCUT2D eigenvalue weighted by molar-refractivity contribution is 0.0997. The number of amides is 1. The first-order chi connectivity index (χ1) is 7.06. The molecule has 0 atom stereocenters. The molecule has 0 saturated heterocycles. The van der Waals surface area contributed by atoms with Crippen LogP contribution >= 0.6 is 31.9 Å². The predicted octanol–water partition coefficient (Wildman–Crippen LogP) is 2.32. The van der Waals surface area contributed by atoms with Crippen molar-refractivity contribution in [2.45, 2.75) is 0 Å². The molecule has 2 N–H and O–H groups in total. The molecule has 0 aliphatic rings. The molecule has 1 aromatic carbocycles. The van der Waals surface area contributed by atoms with Crippen molar-refractivity contribution in [2.75, 3.05) is 6.61 Å². The van der Waals surface area contributed by atoms with Crippen molar-refractivity contribution >= 4 is 37.8 Å². The molecule has 0 fully saturated rings. The van der Waals surface area contributed by atoms with Crippen LogP contribution < -0.4 is 10.5 Å². The number of terminal acetylenes is 1. The minimum absolute atomic E-state index is 0.0838. The summed E-state index contributed by atoms with van der Waals surface area (Å²) in [5.74, 6) is 2.12. The quantitative estimate of drug-likeness (QED) is 0.864. The second-order valence-corrected chi connectivity index (χ2v) is 4.39. The number of nitrogens with two attached hydrogens (primary N) is 1.